The number of aromatic nitrogens is 3. The number of anilines is 1. The maximum absolute atomic E-state index is 12.2. The van der Waals surface area contributed by atoms with Crippen LogP contribution in [0.5, 0.6) is 0 Å². The minimum atomic E-state index is -0.299. The van der Waals surface area contributed by atoms with E-state index >= 15 is 0 Å². The zero-order valence-corrected chi connectivity index (χ0v) is 15.5. The Hall–Kier alpha value is -2.09. The first-order chi connectivity index (χ1) is 11.9. The van der Waals surface area contributed by atoms with Crippen molar-refractivity contribution >= 4 is 46.3 Å². The highest BCUT2D eigenvalue weighted by Crippen LogP contribution is 2.22. The molecule has 0 aliphatic rings. The standard InChI is InChI=1S/C16H14Cl2N4O2S/c1-10-9-25-16(24)21(10)8-15(23)20-14-4-5-19-22(14)7-11-2-3-12(17)6-13(11)18/h2-6,9H,7-8H2,1H3,(H,20,23). The van der Waals surface area contributed by atoms with E-state index in [9.17, 15) is 9.59 Å². The van der Waals surface area contributed by atoms with Crippen LogP contribution >= 0.6 is 34.5 Å². The van der Waals surface area contributed by atoms with Crippen molar-refractivity contribution in [3.05, 3.63) is 66.8 Å². The summed E-state index contributed by atoms with van der Waals surface area (Å²) in [6, 6.07) is 6.90. The summed E-state index contributed by atoms with van der Waals surface area (Å²) in [6.45, 7) is 2.13. The van der Waals surface area contributed by atoms with Crippen LogP contribution in [0, 0.1) is 6.92 Å². The minimum Gasteiger partial charge on any atom is -0.309 e. The Balaban J connectivity index is 1.73. The SMILES string of the molecule is Cc1csc(=O)n1CC(=O)Nc1ccnn1Cc1ccc(Cl)cc1Cl. The summed E-state index contributed by atoms with van der Waals surface area (Å²) < 4.78 is 3.05. The molecule has 0 bridgehead atoms. The molecule has 0 saturated carbocycles. The molecule has 130 valence electrons. The molecule has 3 rings (SSSR count). The van der Waals surface area contributed by atoms with Gasteiger partial charge in [0.05, 0.1) is 12.7 Å². The Morgan fingerprint density at radius 2 is 2.12 bits per heavy atom. The average molecular weight is 397 g/mol. The summed E-state index contributed by atoms with van der Waals surface area (Å²) in [5, 5.41) is 9.78. The lowest BCUT2D eigenvalue weighted by Gasteiger charge is -2.11. The molecule has 3 aromatic rings. The molecule has 1 N–H and O–H groups in total. The van der Waals surface area contributed by atoms with E-state index in [-0.39, 0.29) is 17.3 Å². The van der Waals surface area contributed by atoms with Gasteiger partial charge < -0.3 is 5.32 Å². The number of halogens is 2. The zero-order chi connectivity index (χ0) is 18.0. The maximum Gasteiger partial charge on any atom is 0.307 e. The summed E-state index contributed by atoms with van der Waals surface area (Å²) in [4.78, 5) is 23.8. The second kappa shape index (κ2) is 7.43. The zero-order valence-electron chi connectivity index (χ0n) is 13.2. The van der Waals surface area contributed by atoms with Gasteiger partial charge in [0, 0.05) is 27.2 Å². The average Bonchev–Trinajstić information content (AvgIpc) is 3.11. The molecule has 0 aliphatic heterocycles. The number of benzene rings is 1. The number of carbonyl (C=O) groups excluding carboxylic acids is 1. The maximum atomic E-state index is 12.2. The van der Waals surface area contributed by atoms with E-state index in [0.717, 1.165) is 22.6 Å². The minimum absolute atomic E-state index is 0.0406. The van der Waals surface area contributed by atoms with Crippen molar-refractivity contribution in [1.29, 1.82) is 0 Å². The first-order valence-electron chi connectivity index (χ1n) is 7.34. The lowest BCUT2D eigenvalue weighted by atomic mass is 10.2. The van der Waals surface area contributed by atoms with E-state index in [2.05, 4.69) is 10.4 Å². The number of nitrogens with one attached hydrogen (secondary N) is 1. The summed E-state index contributed by atoms with van der Waals surface area (Å²) >= 11 is 13.2. The van der Waals surface area contributed by atoms with Gasteiger partial charge in [-0.2, -0.15) is 5.10 Å². The third-order valence-electron chi connectivity index (χ3n) is 3.60. The molecule has 0 fully saturated rings. The second-order valence-corrected chi connectivity index (χ2v) is 7.05. The predicted molar refractivity (Wildman–Crippen MR) is 99.7 cm³/mol. The molecule has 1 amide bonds. The van der Waals surface area contributed by atoms with Crippen molar-refractivity contribution in [1.82, 2.24) is 14.3 Å². The Kier molecular flexibility index (Phi) is 5.27. The number of thiazole rings is 1. The molecule has 0 saturated heterocycles. The Morgan fingerprint density at radius 3 is 2.80 bits per heavy atom. The second-order valence-electron chi connectivity index (χ2n) is 5.39. The Morgan fingerprint density at radius 1 is 1.32 bits per heavy atom. The fourth-order valence-electron chi connectivity index (χ4n) is 2.30. The van der Waals surface area contributed by atoms with Crippen LogP contribution in [0.15, 0.2) is 40.6 Å². The van der Waals surface area contributed by atoms with Crippen LogP contribution in [0.3, 0.4) is 0 Å². The number of hydrogen-bond acceptors (Lipinski definition) is 4. The van der Waals surface area contributed by atoms with Crippen molar-refractivity contribution in [2.75, 3.05) is 5.32 Å². The van der Waals surface area contributed by atoms with Gasteiger partial charge in [-0.3, -0.25) is 14.2 Å². The van der Waals surface area contributed by atoms with Crippen molar-refractivity contribution in [2.45, 2.75) is 20.0 Å². The van der Waals surface area contributed by atoms with Crippen molar-refractivity contribution < 1.29 is 4.79 Å². The van der Waals surface area contributed by atoms with Gasteiger partial charge in [-0.15, -0.1) is 0 Å². The lowest BCUT2D eigenvalue weighted by Crippen LogP contribution is -2.26. The van der Waals surface area contributed by atoms with Gasteiger partial charge in [0.2, 0.25) is 5.91 Å². The van der Waals surface area contributed by atoms with Crippen LogP contribution in [0.2, 0.25) is 10.0 Å². The highest BCUT2D eigenvalue weighted by molar-refractivity contribution is 7.07. The van der Waals surface area contributed by atoms with Crippen molar-refractivity contribution in [2.24, 2.45) is 0 Å². The molecule has 2 aromatic heterocycles. The first-order valence-corrected chi connectivity index (χ1v) is 8.98. The van der Waals surface area contributed by atoms with Crippen LogP contribution in [-0.2, 0) is 17.9 Å². The first kappa shape index (κ1) is 17.7. The van der Waals surface area contributed by atoms with Crippen LogP contribution in [0.1, 0.15) is 11.3 Å². The van der Waals surface area contributed by atoms with Gasteiger partial charge in [0.25, 0.3) is 0 Å². The molecule has 2 heterocycles. The van der Waals surface area contributed by atoms with Gasteiger partial charge in [-0.25, -0.2) is 4.68 Å². The molecule has 1 aromatic carbocycles. The van der Waals surface area contributed by atoms with E-state index in [1.807, 2.05) is 6.07 Å². The van der Waals surface area contributed by atoms with Gasteiger partial charge in [0.1, 0.15) is 12.4 Å². The van der Waals surface area contributed by atoms with Crippen LogP contribution in [0.4, 0.5) is 5.82 Å². The van der Waals surface area contributed by atoms with E-state index in [0.29, 0.717) is 22.4 Å². The van der Waals surface area contributed by atoms with Crippen molar-refractivity contribution in [3.63, 3.8) is 0 Å². The summed E-state index contributed by atoms with van der Waals surface area (Å²) in [7, 11) is 0. The Labute approximate surface area is 157 Å². The number of carbonyl (C=O) groups is 1. The van der Waals surface area contributed by atoms with E-state index in [1.54, 1.807) is 41.4 Å². The molecule has 9 heteroatoms. The fraction of sp³-hybridized carbons (Fsp3) is 0.188. The van der Waals surface area contributed by atoms with Gasteiger partial charge in [0.15, 0.2) is 0 Å². The normalized spacial score (nSPS) is 10.8. The van der Waals surface area contributed by atoms with Crippen LogP contribution in [0.25, 0.3) is 0 Å². The number of rotatable bonds is 5. The molecule has 0 radical (unpaired) electrons. The number of aryl methyl sites for hydroxylation is 1. The third kappa shape index (κ3) is 4.12. The number of amides is 1. The lowest BCUT2D eigenvalue weighted by molar-refractivity contribution is -0.116. The molecule has 25 heavy (non-hydrogen) atoms. The Bertz CT molecular complexity index is 977. The fourth-order valence-corrected chi connectivity index (χ4v) is 3.50. The molecule has 0 spiro atoms. The van der Waals surface area contributed by atoms with E-state index in [1.165, 1.54) is 4.57 Å². The number of nitrogens with zero attached hydrogens (tertiary/aromatic N) is 3. The van der Waals surface area contributed by atoms with Gasteiger partial charge in [-0.1, -0.05) is 40.6 Å². The summed E-state index contributed by atoms with van der Waals surface area (Å²) in [5.74, 6) is 0.226. The molecule has 0 atom stereocenters. The number of hydrogen-bond donors (Lipinski definition) is 1. The highest BCUT2D eigenvalue weighted by Gasteiger charge is 2.12. The summed E-state index contributed by atoms with van der Waals surface area (Å²) in [6.07, 6.45) is 1.58. The quantitative estimate of drug-likeness (QED) is 0.718. The molecule has 0 unspecified atom stereocenters. The monoisotopic (exact) mass is 396 g/mol. The highest BCUT2D eigenvalue weighted by atomic mass is 35.5. The van der Waals surface area contributed by atoms with Gasteiger partial charge >= 0.3 is 4.87 Å². The van der Waals surface area contributed by atoms with Crippen LogP contribution < -0.4 is 10.2 Å². The predicted octanol–water partition coefficient (Wildman–Crippen LogP) is 3.41. The molecular weight excluding hydrogens is 383 g/mol. The van der Waals surface area contributed by atoms with Gasteiger partial charge in [-0.05, 0) is 24.6 Å². The van der Waals surface area contributed by atoms with E-state index in [4.69, 9.17) is 23.2 Å². The molecular formula is C16H14Cl2N4O2S. The topological polar surface area (TPSA) is 68.9 Å². The largest absolute Gasteiger partial charge is 0.309 e. The summed E-state index contributed by atoms with van der Waals surface area (Å²) in [5.41, 5.74) is 1.58. The van der Waals surface area contributed by atoms with E-state index < -0.39 is 0 Å². The smallest absolute Gasteiger partial charge is 0.307 e. The molecule has 0 aliphatic carbocycles. The van der Waals surface area contributed by atoms with Crippen LogP contribution in [-0.4, -0.2) is 20.3 Å². The van der Waals surface area contributed by atoms with Crippen molar-refractivity contribution in [3.8, 4) is 0 Å². The third-order valence-corrected chi connectivity index (χ3v) is 5.07. The molecule has 6 nitrogen and oxygen atoms in total.